The third-order valence-electron chi connectivity index (χ3n) is 2.20. The molecule has 0 bridgehead atoms. The Morgan fingerprint density at radius 1 is 1.33 bits per heavy atom. The molecule has 1 aromatic rings. The minimum absolute atomic E-state index is 0.423. The number of thioether (sulfide) groups is 2. The maximum Gasteiger partial charge on any atom is 0.0925 e. The van der Waals surface area contributed by atoms with Crippen LogP contribution in [0.3, 0.4) is 0 Å². The summed E-state index contributed by atoms with van der Waals surface area (Å²) in [7, 11) is 1.85. The molecule has 0 heterocycles. The Morgan fingerprint density at radius 2 is 2.07 bits per heavy atom. The maximum absolute atomic E-state index is 9.91. The van der Waals surface area contributed by atoms with E-state index in [1.807, 2.05) is 19.4 Å². The molecule has 15 heavy (non-hydrogen) atoms. The van der Waals surface area contributed by atoms with E-state index >= 15 is 0 Å². The standard InChI is InChI=1S/C11H17NOS2/c1-12-7-10(13)9-5-4-8(14-2)6-11(9)15-3/h4-6,10,12-13H,7H2,1-3H3. The fourth-order valence-electron chi connectivity index (χ4n) is 1.40. The third-order valence-corrected chi connectivity index (χ3v) is 3.72. The molecule has 2 N–H and O–H groups in total. The predicted octanol–water partition coefficient (Wildman–Crippen LogP) is 2.38. The van der Waals surface area contributed by atoms with Crippen LogP contribution in [-0.2, 0) is 0 Å². The van der Waals surface area contributed by atoms with E-state index in [2.05, 4.69) is 23.7 Å². The highest BCUT2D eigenvalue weighted by atomic mass is 32.2. The van der Waals surface area contributed by atoms with Crippen molar-refractivity contribution < 1.29 is 5.11 Å². The summed E-state index contributed by atoms with van der Waals surface area (Å²) in [5, 5.41) is 12.9. The van der Waals surface area contributed by atoms with Crippen molar-refractivity contribution in [2.75, 3.05) is 26.1 Å². The average molecular weight is 243 g/mol. The zero-order chi connectivity index (χ0) is 11.3. The van der Waals surface area contributed by atoms with Crippen molar-refractivity contribution >= 4 is 23.5 Å². The quantitative estimate of drug-likeness (QED) is 0.778. The van der Waals surface area contributed by atoms with E-state index in [1.165, 1.54) is 4.90 Å². The molecule has 0 spiro atoms. The fraction of sp³-hybridized carbons (Fsp3) is 0.455. The van der Waals surface area contributed by atoms with E-state index in [0.29, 0.717) is 6.54 Å². The largest absolute Gasteiger partial charge is 0.387 e. The van der Waals surface area contributed by atoms with Gasteiger partial charge in [-0.25, -0.2) is 0 Å². The lowest BCUT2D eigenvalue weighted by atomic mass is 10.1. The summed E-state index contributed by atoms with van der Waals surface area (Å²) in [6.07, 6.45) is 3.67. The highest BCUT2D eigenvalue weighted by Gasteiger charge is 2.11. The summed E-state index contributed by atoms with van der Waals surface area (Å²) in [4.78, 5) is 2.39. The highest BCUT2D eigenvalue weighted by Crippen LogP contribution is 2.29. The summed E-state index contributed by atoms with van der Waals surface area (Å²) < 4.78 is 0. The number of hydrogen-bond acceptors (Lipinski definition) is 4. The normalized spacial score (nSPS) is 12.8. The molecule has 0 saturated heterocycles. The molecule has 1 rings (SSSR count). The smallest absolute Gasteiger partial charge is 0.0925 e. The monoisotopic (exact) mass is 243 g/mol. The first-order chi connectivity index (χ1) is 7.22. The van der Waals surface area contributed by atoms with Gasteiger partial charge in [0.15, 0.2) is 0 Å². The summed E-state index contributed by atoms with van der Waals surface area (Å²) >= 11 is 3.40. The first-order valence-corrected chi connectivity index (χ1v) is 7.22. The van der Waals surface area contributed by atoms with Gasteiger partial charge in [-0.15, -0.1) is 23.5 Å². The van der Waals surface area contributed by atoms with Crippen molar-refractivity contribution in [1.82, 2.24) is 5.32 Å². The lowest BCUT2D eigenvalue weighted by molar-refractivity contribution is 0.175. The van der Waals surface area contributed by atoms with E-state index in [0.717, 1.165) is 10.5 Å². The van der Waals surface area contributed by atoms with Crippen molar-refractivity contribution in [3.8, 4) is 0 Å². The number of likely N-dealkylation sites (N-methyl/N-ethyl adjacent to an activating group) is 1. The van der Waals surface area contributed by atoms with Crippen LogP contribution in [0, 0.1) is 0 Å². The zero-order valence-electron chi connectivity index (χ0n) is 9.28. The van der Waals surface area contributed by atoms with Gasteiger partial charge in [0.05, 0.1) is 6.10 Å². The van der Waals surface area contributed by atoms with Gasteiger partial charge >= 0.3 is 0 Å². The predicted molar refractivity (Wildman–Crippen MR) is 68.9 cm³/mol. The second kappa shape index (κ2) is 6.43. The van der Waals surface area contributed by atoms with Crippen LogP contribution in [0.25, 0.3) is 0 Å². The molecule has 1 unspecified atom stereocenters. The van der Waals surface area contributed by atoms with E-state index in [1.54, 1.807) is 23.5 Å². The van der Waals surface area contributed by atoms with E-state index < -0.39 is 6.10 Å². The van der Waals surface area contributed by atoms with Crippen LogP contribution in [0.4, 0.5) is 0 Å². The summed E-state index contributed by atoms with van der Waals surface area (Å²) in [5.41, 5.74) is 1.01. The van der Waals surface area contributed by atoms with Crippen LogP contribution < -0.4 is 5.32 Å². The molecule has 1 aromatic carbocycles. The molecule has 1 atom stereocenters. The molecule has 0 amide bonds. The lowest BCUT2D eigenvalue weighted by Gasteiger charge is -2.14. The van der Waals surface area contributed by atoms with Crippen molar-refractivity contribution in [2.45, 2.75) is 15.9 Å². The fourth-order valence-corrected chi connectivity index (χ4v) is 2.60. The molecule has 0 fully saturated rings. The topological polar surface area (TPSA) is 32.3 Å². The first kappa shape index (κ1) is 12.9. The molecule has 4 heteroatoms. The molecule has 0 radical (unpaired) electrons. The molecule has 0 aliphatic rings. The molecule has 2 nitrogen and oxygen atoms in total. The van der Waals surface area contributed by atoms with Crippen molar-refractivity contribution in [1.29, 1.82) is 0 Å². The Labute approximate surface area is 99.8 Å². The van der Waals surface area contributed by atoms with Gasteiger partial charge in [0.1, 0.15) is 0 Å². The van der Waals surface area contributed by atoms with Crippen LogP contribution >= 0.6 is 23.5 Å². The van der Waals surface area contributed by atoms with Crippen LogP contribution in [0.1, 0.15) is 11.7 Å². The number of aliphatic hydroxyl groups is 1. The van der Waals surface area contributed by atoms with E-state index in [-0.39, 0.29) is 0 Å². The second-order valence-corrected chi connectivity index (χ2v) is 4.91. The number of benzene rings is 1. The summed E-state index contributed by atoms with van der Waals surface area (Å²) in [6, 6.07) is 6.20. The molecular weight excluding hydrogens is 226 g/mol. The van der Waals surface area contributed by atoms with E-state index in [4.69, 9.17) is 0 Å². The second-order valence-electron chi connectivity index (χ2n) is 3.18. The Kier molecular flexibility index (Phi) is 5.53. The maximum atomic E-state index is 9.91. The average Bonchev–Trinajstić information content (AvgIpc) is 2.28. The highest BCUT2D eigenvalue weighted by molar-refractivity contribution is 7.99. The number of nitrogens with one attached hydrogen (secondary N) is 1. The Hall–Kier alpha value is -0.160. The molecule has 0 aliphatic carbocycles. The minimum Gasteiger partial charge on any atom is -0.387 e. The van der Waals surface area contributed by atoms with Gasteiger partial charge in [0.25, 0.3) is 0 Å². The Balaban J connectivity index is 2.96. The van der Waals surface area contributed by atoms with Crippen molar-refractivity contribution in [3.63, 3.8) is 0 Å². The van der Waals surface area contributed by atoms with Gasteiger partial charge < -0.3 is 10.4 Å². The van der Waals surface area contributed by atoms with E-state index in [9.17, 15) is 5.11 Å². The first-order valence-electron chi connectivity index (χ1n) is 4.77. The van der Waals surface area contributed by atoms with Crippen LogP contribution in [-0.4, -0.2) is 31.2 Å². The van der Waals surface area contributed by atoms with Gasteiger partial charge in [-0.1, -0.05) is 6.07 Å². The van der Waals surface area contributed by atoms with Crippen LogP contribution in [0.2, 0.25) is 0 Å². The lowest BCUT2D eigenvalue weighted by Crippen LogP contribution is -2.17. The van der Waals surface area contributed by atoms with Crippen molar-refractivity contribution in [3.05, 3.63) is 23.8 Å². The Morgan fingerprint density at radius 3 is 2.60 bits per heavy atom. The van der Waals surface area contributed by atoms with Crippen LogP contribution in [0.15, 0.2) is 28.0 Å². The van der Waals surface area contributed by atoms with Gasteiger partial charge in [-0.2, -0.15) is 0 Å². The molecule has 0 saturated carbocycles. The van der Waals surface area contributed by atoms with Gasteiger partial charge in [-0.3, -0.25) is 0 Å². The third kappa shape index (κ3) is 3.41. The van der Waals surface area contributed by atoms with Gasteiger partial charge in [0, 0.05) is 16.3 Å². The van der Waals surface area contributed by atoms with Crippen LogP contribution in [0.5, 0.6) is 0 Å². The molecule has 0 aromatic heterocycles. The number of rotatable bonds is 5. The molecule has 84 valence electrons. The summed E-state index contributed by atoms with van der Waals surface area (Å²) in [6.45, 7) is 0.589. The Bertz CT molecular complexity index is 317. The number of hydrogen-bond donors (Lipinski definition) is 2. The number of aliphatic hydroxyl groups excluding tert-OH is 1. The van der Waals surface area contributed by atoms with Crippen molar-refractivity contribution in [2.24, 2.45) is 0 Å². The minimum atomic E-state index is -0.423. The molecular formula is C11H17NOS2. The van der Waals surface area contributed by atoms with Gasteiger partial charge in [0.2, 0.25) is 0 Å². The molecule has 0 aliphatic heterocycles. The van der Waals surface area contributed by atoms with Gasteiger partial charge in [-0.05, 0) is 37.3 Å². The zero-order valence-corrected chi connectivity index (χ0v) is 10.9. The summed E-state index contributed by atoms with van der Waals surface area (Å²) in [5.74, 6) is 0. The SMILES string of the molecule is CNCC(O)c1ccc(SC)cc1SC.